The largest absolute Gasteiger partial charge is 0.496 e. The predicted molar refractivity (Wildman–Crippen MR) is 86.4 cm³/mol. The Bertz CT molecular complexity index is 674. The van der Waals surface area contributed by atoms with Crippen LogP contribution in [0.5, 0.6) is 5.75 Å². The number of ether oxygens (including phenoxy) is 2. The van der Waals surface area contributed by atoms with Crippen LogP contribution in [0.15, 0.2) is 23.4 Å². The summed E-state index contributed by atoms with van der Waals surface area (Å²) < 4.78 is 10.3. The molecule has 1 heterocycles. The molecule has 1 aromatic carbocycles. The molecule has 0 bridgehead atoms. The van der Waals surface area contributed by atoms with E-state index in [1.807, 2.05) is 0 Å². The van der Waals surface area contributed by atoms with Crippen molar-refractivity contribution in [3.05, 3.63) is 29.3 Å². The lowest BCUT2D eigenvalue weighted by atomic mass is 10.0. The summed E-state index contributed by atoms with van der Waals surface area (Å²) in [7, 11) is 1.41. The molecular formula is C17H21NO6. The molecule has 1 aliphatic heterocycles. The van der Waals surface area contributed by atoms with E-state index in [4.69, 9.17) is 14.3 Å². The van der Waals surface area contributed by atoms with Crippen molar-refractivity contribution in [1.29, 1.82) is 0 Å². The zero-order valence-electron chi connectivity index (χ0n) is 14.2. The first-order chi connectivity index (χ1) is 11.2. The normalized spacial score (nSPS) is 17.0. The highest BCUT2D eigenvalue weighted by Crippen LogP contribution is 2.25. The number of aromatic carboxylic acids is 1. The SMILES string of the molecule is COc1ccc(C2=NOC(CC(=O)OC(C)(C)C)C2)cc1C(=O)O. The number of carboxylic acid groups (broad SMARTS) is 1. The predicted octanol–water partition coefficient (Wildman–Crippen LogP) is 2.62. The Kier molecular flexibility index (Phi) is 5.11. The third-order valence-corrected chi connectivity index (χ3v) is 3.31. The van der Waals surface area contributed by atoms with Gasteiger partial charge in [0, 0.05) is 12.0 Å². The van der Waals surface area contributed by atoms with E-state index in [0.29, 0.717) is 17.7 Å². The first-order valence-electron chi connectivity index (χ1n) is 7.56. The van der Waals surface area contributed by atoms with Crippen LogP contribution in [0, 0.1) is 0 Å². The molecule has 7 heteroatoms. The molecule has 1 aromatic rings. The van der Waals surface area contributed by atoms with Crippen molar-refractivity contribution in [1.82, 2.24) is 0 Å². The highest BCUT2D eigenvalue weighted by Gasteiger charge is 2.28. The molecule has 0 aromatic heterocycles. The number of nitrogens with zero attached hydrogens (tertiary/aromatic N) is 1. The molecule has 1 N–H and O–H groups in total. The average molecular weight is 335 g/mol. The average Bonchev–Trinajstić information content (AvgIpc) is 2.92. The van der Waals surface area contributed by atoms with Gasteiger partial charge in [-0.15, -0.1) is 0 Å². The number of carbonyl (C=O) groups excluding carboxylic acids is 1. The maximum Gasteiger partial charge on any atom is 0.339 e. The van der Waals surface area contributed by atoms with Gasteiger partial charge in [0.05, 0.1) is 19.2 Å². The van der Waals surface area contributed by atoms with Crippen molar-refractivity contribution in [2.24, 2.45) is 5.16 Å². The number of hydrogen-bond donors (Lipinski definition) is 1. The molecule has 24 heavy (non-hydrogen) atoms. The fourth-order valence-electron chi connectivity index (χ4n) is 2.33. The summed E-state index contributed by atoms with van der Waals surface area (Å²) in [5.41, 5.74) is 0.716. The molecule has 0 amide bonds. The summed E-state index contributed by atoms with van der Waals surface area (Å²) in [6.45, 7) is 5.40. The van der Waals surface area contributed by atoms with Gasteiger partial charge < -0.3 is 19.4 Å². The van der Waals surface area contributed by atoms with E-state index in [9.17, 15) is 14.7 Å². The molecular weight excluding hydrogens is 314 g/mol. The zero-order valence-corrected chi connectivity index (χ0v) is 14.2. The molecule has 130 valence electrons. The third kappa shape index (κ3) is 4.47. The lowest BCUT2D eigenvalue weighted by Gasteiger charge is -2.20. The molecule has 1 aliphatic rings. The van der Waals surface area contributed by atoms with Crippen LogP contribution in [0.25, 0.3) is 0 Å². The minimum Gasteiger partial charge on any atom is -0.496 e. The van der Waals surface area contributed by atoms with Gasteiger partial charge in [0.1, 0.15) is 23.0 Å². The van der Waals surface area contributed by atoms with Crippen LogP contribution in [-0.2, 0) is 14.4 Å². The van der Waals surface area contributed by atoms with E-state index < -0.39 is 17.7 Å². The second kappa shape index (κ2) is 6.90. The first-order valence-corrected chi connectivity index (χ1v) is 7.56. The number of esters is 1. The highest BCUT2D eigenvalue weighted by atomic mass is 16.6. The van der Waals surface area contributed by atoms with E-state index in [1.54, 1.807) is 32.9 Å². The number of carbonyl (C=O) groups is 2. The van der Waals surface area contributed by atoms with Gasteiger partial charge in [0.2, 0.25) is 0 Å². The molecule has 2 rings (SSSR count). The maximum absolute atomic E-state index is 11.8. The molecule has 0 radical (unpaired) electrons. The standard InChI is InChI=1S/C17H21NO6/c1-17(2,3)23-15(19)9-11-8-13(18-24-11)10-5-6-14(22-4)12(7-10)16(20)21/h5-7,11H,8-9H2,1-4H3,(H,20,21). The van der Waals surface area contributed by atoms with Crippen molar-refractivity contribution in [2.45, 2.75) is 45.3 Å². The van der Waals surface area contributed by atoms with Gasteiger partial charge in [-0.3, -0.25) is 4.79 Å². The molecule has 0 spiro atoms. The van der Waals surface area contributed by atoms with Crippen molar-refractivity contribution in [3.63, 3.8) is 0 Å². The maximum atomic E-state index is 11.8. The van der Waals surface area contributed by atoms with Crippen LogP contribution in [-0.4, -0.2) is 41.6 Å². The van der Waals surface area contributed by atoms with Crippen molar-refractivity contribution in [3.8, 4) is 5.75 Å². The number of hydrogen-bond acceptors (Lipinski definition) is 6. The highest BCUT2D eigenvalue weighted by molar-refractivity contribution is 6.03. The number of methoxy groups -OCH3 is 1. The molecule has 0 aliphatic carbocycles. The molecule has 0 fully saturated rings. The van der Waals surface area contributed by atoms with Crippen molar-refractivity contribution < 1.29 is 29.0 Å². The summed E-state index contributed by atoms with van der Waals surface area (Å²) in [5, 5.41) is 13.2. The monoisotopic (exact) mass is 335 g/mol. The summed E-state index contributed by atoms with van der Waals surface area (Å²) in [6.07, 6.45) is 0.0850. The van der Waals surface area contributed by atoms with Crippen LogP contribution in [0.2, 0.25) is 0 Å². The lowest BCUT2D eigenvalue weighted by Crippen LogP contribution is -2.26. The fraction of sp³-hybridized carbons (Fsp3) is 0.471. The topological polar surface area (TPSA) is 94.4 Å². The van der Waals surface area contributed by atoms with Crippen LogP contribution in [0.3, 0.4) is 0 Å². The number of rotatable bonds is 5. The third-order valence-electron chi connectivity index (χ3n) is 3.31. The van der Waals surface area contributed by atoms with Gasteiger partial charge in [-0.25, -0.2) is 4.79 Å². The molecule has 0 saturated heterocycles. The Morgan fingerprint density at radius 2 is 2.08 bits per heavy atom. The van der Waals surface area contributed by atoms with Gasteiger partial charge in [0.25, 0.3) is 0 Å². The number of oxime groups is 1. The molecule has 0 saturated carbocycles. The number of benzene rings is 1. The van der Waals surface area contributed by atoms with Gasteiger partial charge >= 0.3 is 11.9 Å². The first kappa shape index (κ1) is 17.8. The van der Waals surface area contributed by atoms with E-state index in [-0.39, 0.29) is 23.7 Å². The lowest BCUT2D eigenvalue weighted by molar-refractivity contribution is -0.157. The fourth-order valence-corrected chi connectivity index (χ4v) is 2.33. The van der Waals surface area contributed by atoms with Gasteiger partial charge in [-0.05, 0) is 39.0 Å². The Balaban J connectivity index is 2.04. The van der Waals surface area contributed by atoms with E-state index in [1.165, 1.54) is 13.2 Å². The Labute approximate surface area is 140 Å². The van der Waals surface area contributed by atoms with Gasteiger partial charge in [0.15, 0.2) is 0 Å². The minimum absolute atomic E-state index is 0.0493. The van der Waals surface area contributed by atoms with E-state index in [0.717, 1.165) is 0 Å². The summed E-state index contributed by atoms with van der Waals surface area (Å²) in [6, 6.07) is 4.77. The Hall–Kier alpha value is -2.57. The van der Waals surface area contributed by atoms with Crippen molar-refractivity contribution >= 4 is 17.7 Å². The quantitative estimate of drug-likeness (QED) is 0.831. The van der Waals surface area contributed by atoms with Crippen LogP contribution < -0.4 is 4.74 Å². The summed E-state index contributed by atoms with van der Waals surface area (Å²) in [5.74, 6) is -1.17. The molecule has 7 nitrogen and oxygen atoms in total. The van der Waals surface area contributed by atoms with Gasteiger partial charge in [-0.1, -0.05) is 5.16 Å². The Morgan fingerprint density at radius 3 is 2.67 bits per heavy atom. The second-order valence-corrected chi connectivity index (χ2v) is 6.48. The summed E-state index contributed by atoms with van der Waals surface area (Å²) in [4.78, 5) is 28.4. The zero-order chi connectivity index (χ0) is 17.9. The molecule has 1 atom stereocenters. The second-order valence-electron chi connectivity index (χ2n) is 6.48. The van der Waals surface area contributed by atoms with Crippen LogP contribution >= 0.6 is 0 Å². The van der Waals surface area contributed by atoms with E-state index in [2.05, 4.69) is 5.16 Å². The smallest absolute Gasteiger partial charge is 0.339 e. The van der Waals surface area contributed by atoms with Gasteiger partial charge in [-0.2, -0.15) is 0 Å². The number of carboxylic acids is 1. The van der Waals surface area contributed by atoms with E-state index >= 15 is 0 Å². The van der Waals surface area contributed by atoms with Crippen LogP contribution in [0.1, 0.15) is 49.5 Å². The minimum atomic E-state index is -1.08. The molecule has 1 unspecified atom stereocenters. The summed E-state index contributed by atoms with van der Waals surface area (Å²) >= 11 is 0. The Morgan fingerprint density at radius 1 is 1.38 bits per heavy atom. The van der Waals surface area contributed by atoms with Crippen LogP contribution in [0.4, 0.5) is 0 Å². The van der Waals surface area contributed by atoms with Crippen molar-refractivity contribution in [2.75, 3.05) is 7.11 Å².